The number of Topliss-reactive ketones (excluding diaryl/α,β-unsaturated/α-hetero) is 1. The van der Waals surface area contributed by atoms with E-state index in [2.05, 4.69) is 0 Å². The highest BCUT2D eigenvalue weighted by Crippen LogP contribution is 2.10. The minimum atomic E-state index is -0.262. The van der Waals surface area contributed by atoms with Crippen molar-refractivity contribution in [1.82, 2.24) is 0 Å². The summed E-state index contributed by atoms with van der Waals surface area (Å²) in [5, 5.41) is 0. The van der Waals surface area contributed by atoms with E-state index in [4.69, 9.17) is 4.74 Å². The zero-order valence-electron chi connectivity index (χ0n) is 11.7. The molecular weight excluding hydrogens is 240 g/mol. The topological polar surface area (TPSA) is 43.4 Å². The van der Waals surface area contributed by atoms with E-state index in [1.165, 1.54) is 0 Å². The fraction of sp³-hybridized carbons (Fsp3) is 0.375. The van der Waals surface area contributed by atoms with Crippen molar-refractivity contribution in [2.75, 3.05) is 0 Å². The normalized spacial score (nSPS) is 11.5. The van der Waals surface area contributed by atoms with E-state index >= 15 is 0 Å². The summed E-state index contributed by atoms with van der Waals surface area (Å²) in [6, 6.07) is 9.14. The second kappa shape index (κ2) is 7.52. The molecule has 3 nitrogen and oxygen atoms in total. The van der Waals surface area contributed by atoms with Crippen LogP contribution in [0.1, 0.15) is 44.0 Å². The standard InChI is InChI=1S/C16H20O3/c1-12(2)19-16(18)10-9-13(3)11-15(17)14-7-5-4-6-8-14/h4-9,12H,10-11H2,1-3H3. The molecule has 0 amide bonds. The van der Waals surface area contributed by atoms with Crippen LogP contribution in [0.3, 0.4) is 0 Å². The zero-order valence-corrected chi connectivity index (χ0v) is 11.7. The van der Waals surface area contributed by atoms with Gasteiger partial charge >= 0.3 is 5.97 Å². The van der Waals surface area contributed by atoms with Crippen LogP contribution in [0.25, 0.3) is 0 Å². The number of hydrogen-bond acceptors (Lipinski definition) is 3. The molecule has 102 valence electrons. The second-order valence-electron chi connectivity index (χ2n) is 4.76. The summed E-state index contributed by atoms with van der Waals surface area (Å²) < 4.78 is 5.02. The summed E-state index contributed by atoms with van der Waals surface area (Å²) in [7, 11) is 0. The molecule has 0 spiro atoms. The third-order valence-corrected chi connectivity index (χ3v) is 2.52. The van der Waals surface area contributed by atoms with Gasteiger partial charge in [-0.15, -0.1) is 0 Å². The average molecular weight is 260 g/mol. The third-order valence-electron chi connectivity index (χ3n) is 2.52. The fourth-order valence-electron chi connectivity index (χ4n) is 1.62. The van der Waals surface area contributed by atoms with Crippen molar-refractivity contribution in [2.24, 2.45) is 0 Å². The molecule has 0 unspecified atom stereocenters. The molecule has 0 atom stereocenters. The maximum absolute atomic E-state index is 11.9. The number of benzene rings is 1. The van der Waals surface area contributed by atoms with Gasteiger partial charge in [0.2, 0.25) is 0 Å². The van der Waals surface area contributed by atoms with Gasteiger partial charge in [-0.1, -0.05) is 42.0 Å². The monoisotopic (exact) mass is 260 g/mol. The molecule has 0 radical (unpaired) electrons. The summed E-state index contributed by atoms with van der Waals surface area (Å²) in [5.41, 5.74) is 1.58. The van der Waals surface area contributed by atoms with E-state index in [0.29, 0.717) is 12.0 Å². The molecule has 0 N–H and O–H groups in total. The number of rotatable bonds is 6. The highest BCUT2D eigenvalue weighted by Gasteiger charge is 2.07. The number of allylic oxidation sites excluding steroid dienone is 1. The van der Waals surface area contributed by atoms with Gasteiger partial charge in [-0.2, -0.15) is 0 Å². The Morgan fingerprint density at radius 2 is 1.84 bits per heavy atom. The van der Waals surface area contributed by atoms with Crippen molar-refractivity contribution in [3.8, 4) is 0 Å². The van der Waals surface area contributed by atoms with E-state index in [-0.39, 0.29) is 24.3 Å². The molecule has 0 aliphatic carbocycles. The molecule has 1 aromatic carbocycles. The Kier molecular flexibility index (Phi) is 6.00. The largest absolute Gasteiger partial charge is 0.463 e. The summed E-state index contributed by atoms with van der Waals surface area (Å²) in [5.74, 6) is -0.201. The van der Waals surface area contributed by atoms with Gasteiger partial charge < -0.3 is 4.74 Å². The molecule has 19 heavy (non-hydrogen) atoms. The van der Waals surface area contributed by atoms with Crippen LogP contribution in [-0.4, -0.2) is 17.9 Å². The Bertz CT molecular complexity index is 458. The number of carbonyl (C=O) groups excluding carboxylic acids is 2. The Morgan fingerprint density at radius 3 is 2.42 bits per heavy atom. The van der Waals surface area contributed by atoms with Crippen molar-refractivity contribution in [1.29, 1.82) is 0 Å². The number of ketones is 1. The van der Waals surface area contributed by atoms with Gasteiger partial charge in [-0.3, -0.25) is 9.59 Å². The SMILES string of the molecule is CC(=CCC(=O)OC(C)C)CC(=O)c1ccccc1. The molecule has 0 aliphatic rings. The number of esters is 1. The molecular formula is C16H20O3. The number of ether oxygens (including phenoxy) is 1. The predicted octanol–water partition coefficient (Wildman–Crippen LogP) is 3.55. The van der Waals surface area contributed by atoms with Crippen LogP contribution in [0, 0.1) is 0 Å². The first-order chi connectivity index (χ1) is 8.99. The Labute approximate surface area is 114 Å². The van der Waals surface area contributed by atoms with Gasteiger partial charge in [0.25, 0.3) is 0 Å². The van der Waals surface area contributed by atoms with Crippen LogP contribution in [0.2, 0.25) is 0 Å². The number of hydrogen-bond donors (Lipinski definition) is 0. The molecule has 0 saturated heterocycles. The predicted molar refractivity (Wildman–Crippen MR) is 75.0 cm³/mol. The number of carbonyl (C=O) groups is 2. The van der Waals surface area contributed by atoms with E-state index in [9.17, 15) is 9.59 Å². The Hall–Kier alpha value is -1.90. The molecule has 0 aliphatic heterocycles. The fourth-order valence-corrected chi connectivity index (χ4v) is 1.62. The van der Waals surface area contributed by atoms with E-state index in [1.807, 2.05) is 39.0 Å². The van der Waals surface area contributed by atoms with Crippen molar-refractivity contribution in [3.05, 3.63) is 47.5 Å². The first kappa shape index (κ1) is 15.2. The van der Waals surface area contributed by atoms with Crippen LogP contribution < -0.4 is 0 Å². The molecule has 0 saturated carbocycles. The van der Waals surface area contributed by atoms with E-state index in [1.54, 1.807) is 18.2 Å². The van der Waals surface area contributed by atoms with Crippen LogP contribution in [0.15, 0.2) is 42.0 Å². The average Bonchev–Trinajstić information content (AvgIpc) is 2.36. The van der Waals surface area contributed by atoms with Crippen molar-refractivity contribution >= 4 is 11.8 Å². The van der Waals surface area contributed by atoms with Crippen molar-refractivity contribution in [3.63, 3.8) is 0 Å². The van der Waals surface area contributed by atoms with E-state index < -0.39 is 0 Å². The Balaban J connectivity index is 2.48. The third kappa shape index (κ3) is 6.00. The Morgan fingerprint density at radius 1 is 1.21 bits per heavy atom. The maximum Gasteiger partial charge on any atom is 0.309 e. The molecule has 0 aromatic heterocycles. The van der Waals surface area contributed by atoms with Crippen LogP contribution in [0.4, 0.5) is 0 Å². The van der Waals surface area contributed by atoms with Gasteiger partial charge in [-0.05, 0) is 20.8 Å². The second-order valence-corrected chi connectivity index (χ2v) is 4.76. The lowest BCUT2D eigenvalue weighted by atomic mass is 10.0. The summed E-state index contributed by atoms with van der Waals surface area (Å²) >= 11 is 0. The first-order valence-electron chi connectivity index (χ1n) is 6.42. The molecule has 0 heterocycles. The van der Waals surface area contributed by atoms with Gasteiger partial charge in [0.15, 0.2) is 5.78 Å². The smallest absolute Gasteiger partial charge is 0.309 e. The van der Waals surface area contributed by atoms with Gasteiger partial charge in [0.05, 0.1) is 12.5 Å². The minimum Gasteiger partial charge on any atom is -0.463 e. The summed E-state index contributed by atoms with van der Waals surface area (Å²) in [6.45, 7) is 5.48. The summed E-state index contributed by atoms with van der Waals surface area (Å²) in [4.78, 5) is 23.3. The molecule has 0 fully saturated rings. The first-order valence-corrected chi connectivity index (χ1v) is 6.42. The zero-order chi connectivity index (χ0) is 14.3. The van der Waals surface area contributed by atoms with Crippen LogP contribution in [-0.2, 0) is 9.53 Å². The highest BCUT2D eigenvalue weighted by atomic mass is 16.5. The molecule has 1 rings (SSSR count). The molecule has 1 aromatic rings. The molecule has 0 bridgehead atoms. The van der Waals surface area contributed by atoms with Crippen LogP contribution in [0.5, 0.6) is 0 Å². The van der Waals surface area contributed by atoms with Crippen molar-refractivity contribution < 1.29 is 14.3 Å². The minimum absolute atomic E-state index is 0.0616. The molecule has 3 heteroatoms. The highest BCUT2D eigenvalue weighted by molar-refractivity contribution is 5.97. The van der Waals surface area contributed by atoms with Gasteiger partial charge in [0, 0.05) is 12.0 Å². The quantitative estimate of drug-likeness (QED) is 0.446. The lowest BCUT2D eigenvalue weighted by molar-refractivity contribution is -0.146. The van der Waals surface area contributed by atoms with E-state index in [0.717, 1.165) is 5.57 Å². The lowest BCUT2D eigenvalue weighted by Crippen LogP contribution is -2.10. The maximum atomic E-state index is 11.9. The van der Waals surface area contributed by atoms with Crippen LogP contribution >= 0.6 is 0 Å². The van der Waals surface area contributed by atoms with Crippen molar-refractivity contribution in [2.45, 2.75) is 39.7 Å². The summed E-state index contributed by atoms with van der Waals surface area (Å²) in [6.07, 6.45) is 2.20. The lowest BCUT2D eigenvalue weighted by Gasteiger charge is -2.06. The van der Waals surface area contributed by atoms with Gasteiger partial charge in [0.1, 0.15) is 0 Å². The van der Waals surface area contributed by atoms with Gasteiger partial charge in [-0.25, -0.2) is 0 Å².